The van der Waals surface area contributed by atoms with Crippen molar-refractivity contribution in [1.29, 1.82) is 0 Å². The van der Waals surface area contributed by atoms with Gasteiger partial charge in [0.25, 0.3) is 0 Å². The number of amides is 1. The average molecular weight is 333 g/mol. The van der Waals surface area contributed by atoms with E-state index in [0.717, 1.165) is 11.8 Å². The maximum absolute atomic E-state index is 12.7. The molecule has 24 heavy (non-hydrogen) atoms. The number of aldehydes is 1. The van der Waals surface area contributed by atoms with Crippen LogP contribution >= 0.6 is 0 Å². The average Bonchev–Trinajstić information content (AvgIpc) is 2.49. The number of esters is 1. The Labute approximate surface area is 144 Å². The molecule has 0 N–H and O–H groups in total. The van der Waals surface area contributed by atoms with E-state index in [1.54, 1.807) is 57.0 Å². The molecular weight excluding hydrogens is 306 g/mol. The van der Waals surface area contributed by atoms with Gasteiger partial charge >= 0.3 is 5.97 Å². The van der Waals surface area contributed by atoms with Crippen LogP contribution in [-0.2, 0) is 20.7 Å². The van der Waals surface area contributed by atoms with E-state index in [1.807, 2.05) is 13.8 Å². The SMILES string of the molecule is CC(C)N(C)C(=O)C(Cc1ccc(C=O)cc1)C(=O)OC(C)(C)C. The number of nitrogens with zero attached hydrogens (tertiary/aromatic N) is 1. The third kappa shape index (κ3) is 5.80. The number of hydrogen-bond acceptors (Lipinski definition) is 4. The zero-order valence-corrected chi connectivity index (χ0v) is 15.3. The fourth-order valence-electron chi connectivity index (χ4n) is 2.11. The van der Waals surface area contributed by atoms with Gasteiger partial charge in [0, 0.05) is 18.7 Å². The normalized spacial score (nSPS) is 12.6. The molecule has 1 aromatic rings. The van der Waals surface area contributed by atoms with Gasteiger partial charge in [0.05, 0.1) is 0 Å². The van der Waals surface area contributed by atoms with Gasteiger partial charge in [0.1, 0.15) is 17.8 Å². The highest BCUT2D eigenvalue weighted by Gasteiger charge is 2.34. The van der Waals surface area contributed by atoms with E-state index in [0.29, 0.717) is 5.56 Å². The lowest BCUT2D eigenvalue weighted by atomic mass is 9.96. The Bertz CT molecular complexity index is 584. The lowest BCUT2D eigenvalue weighted by Gasteiger charge is -2.28. The Morgan fingerprint density at radius 3 is 2.12 bits per heavy atom. The summed E-state index contributed by atoms with van der Waals surface area (Å²) in [6.07, 6.45) is 0.997. The minimum absolute atomic E-state index is 0.0140. The minimum Gasteiger partial charge on any atom is -0.459 e. The topological polar surface area (TPSA) is 63.7 Å². The monoisotopic (exact) mass is 333 g/mol. The molecular formula is C19H27NO4. The third-order valence-corrected chi connectivity index (χ3v) is 3.67. The molecule has 132 valence electrons. The molecule has 0 spiro atoms. The molecule has 5 heteroatoms. The highest BCUT2D eigenvalue weighted by atomic mass is 16.6. The molecule has 1 atom stereocenters. The minimum atomic E-state index is -0.904. The summed E-state index contributed by atoms with van der Waals surface area (Å²) >= 11 is 0. The van der Waals surface area contributed by atoms with Gasteiger partial charge in [-0.05, 0) is 46.6 Å². The maximum atomic E-state index is 12.7. The molecule has 1 unspecified atom stereocenters. The molecule has 0 aliphatic carbocycles. The van der Waals surface area contributed by atoms with Crippen molar-refractivity contribution in [2.45, 2.75) is 52.7 Å². The van der Waals surface area contributed by atoms with Crippen molar-refractivity contribution in [2.75, 3.05) is 7.05 Å². The Kier molecular flexibility index (Phi) is 6.70. The van der Waals surface area contributed by atoms with Gasteiger partial charge in [0.15, 0.2) is 0 Å². The number of hydrogen-bond donors (Lipinski definition) is 0. The van der Waals surface area contributed by atoms with Gasteiger partial charge in [-0.2, -0.15) is 0 Å². The highest BCUT2D eigenvalue weighted by Crippen LogP contribution is 2.19. The smallest absolute Gasteiger partial charge is 0.319 e. The molecule has 0 heterocycles. The van der Waals surface area contributed by atoms with Crippen LogP contribution in [0.25, 0.3) is 0 Å². The molecule has 0 saturated heterocycles. The highest BCUT2D eigenvalue weighted by molar-refractivity contribution is 5.98. The van der Waals surface area contributed by atoms with E-state index in [9.17, 15) is 14.4 Å². The molecule has 1 aromatic carbocycles. The lowest BCUT2D eigenvalue weighted by molar-refractivity contribution is -0.164. The summed E-state index contributed by atoms with van der Waals surface area (Å²) in [6.45, 7) is 9.11. The van der Waals surface area contributed by atoms with Crippen LogP contribution in [0.2, 0.25) is 0 Å². The first kappa shape index (κ1) is 19.9. The maximum Gasteiger partial charge on any atom is 0.319 e. The molecule has 0 radical (unpaired) electrons. The van der Waals surface area contributed by atoms with E-state index in [-0.39, 0.29) is 18.4 Å². The Hall–Kier alpha value is -2.17. The van der Waals surface area contributed by atoms with Crippen LogP contribution in [0, 0.1) is 5.92 Å². The van der Waals surface area contributed by atoms with Gasteiger partial charge in [-0.3, -0.25) is 14.4 Å². The summed E-state index contributed by atoms with van der Waals surface area (Å²) in [6, 6.07) is 6.84. The predicted molar refractivity (Wildman–Crippen MR) is 92.8 cm³/mol. The Morgan fingerprint density at radius 2 is 1.71 bits per heavy atom. The number of benzene rings is 1. The summed E-state index contributed by atoms with van der Waals surface area (Å²) in [5.41, 5.74) is 0.702. The van der Waals surface area contributed by atoms with Gasteiger partial charge < -0.3 is 9.64 Å². The predicted octanol–water partition coefficient (Wildman–Crippen LogP) is 2.87. The van der Waals surface area contributed by atoms with Crippen molar-refractivity contribution in [2.24, 2.45) is 5.92 Å². The van der Waals surface area contributed by atoms with Gasteiger partial charge in [-0.15, -0.1) is 0 Å². The third-order valence-electron chi connectivity index (χ3n) is 3.67. The standard InChI is InChI=1S/C19H27NO4/c1-13(2)20(6)17(22)16(18(23)24-19(3,4)5)11-14-7-9-15(12-21)10-8-14/h7-10,12-13,16H,11H2,1-6H3. The van der Waals surface area contributed by atoms with Crippen molar-refractivity contribution in [3.8, 4) is 0 Å². The van der Waals surface area contributed by atoms with Crippen molar-refractivity contribution in [1.82, 2.24) is 4.90 Å². The summed E-state index contributed by atoms with van der Waals surface area (Å²) in [7, 11) is 1.68. The summed E-state index contributed by atoms with van der Waals surface area (Å²) in [5.74, 6) is -1.70. The molecule has 1 amide bonds. The van der Waals surface area contributed by atoms with E-state index >= 15 is 0 Å². The molecule has 0 saturated carbocycles. The zero-order chi connectivity index (χ0) is 18.5. The second-order valence-corrected chi connectivity index (χ2v) is 7.19. The zero-order valence-electron chi connectivity index (χ0n) is 15.3. The first-order chi connectivity index (χ1) is 11.0. The first-order valence-corrected chi connectivity index (χ1v) is 8.09. The molecule has 0 bridgehead atoms. The van der Waals surface area contributed by atoms with E-state index in [2.05, 4.69) is 0 Å². The summed E-state index contributed by atoms with van der Waals surface area (Å²) < 4.78 is 5.43. The second-order valence-electron chi connectivity index (χ2n) is 7.19. The van der Waals surface area contributed by atoms with E-state index in [4.69, 9.17) is 4.74 Å². The second kappa shape index (κ2) is 8.08. The first-order valence-electron chi connectivity index (χ1n) is 8.09. The quantitative estimate of drug-likeness (QED) is 0.456. The van der Waals surface area contributed by atoms with Gasteiger partial charge in [0.2, 0.25) is 5.91 Å². The van der Waals surface area contributed by atoms with Gasteiger partial charge in [-0.1, -0.05) is 24.3 Å². The largest absolute Gasteiger partial charge is 0.459 e. The van der Waals surface area contributed by atoms with E-state index in [1.165, 1.54) is 0 Å². The van der Waals surface area contributed by atoms with Crippen LogP contribution in [0.4, 0.5) is 0 Å². The Balaban J connectivity index is 3.05. The molecule has 0 aromatic heterocycles. The van der Waals surface area contributed by atoms with Crippen LogP contribution in [0.15, 0.2) is 24.3 Å². The fourth-order valence-corrected chi connectivity index (χ4v) is 2.11. The molecule has 0 aliphatic rings. The molecule has 0 fully saturated rings. The van der Waals surface area contributed by atoms with Crippen LogP contribution in [0.1, 0.15) is 50.5 Å². The molecule has 1 rings (SSSR count). The van der Waals surface area contributed by atoms with Crippen molar-refractivity contribution in [3.63, 3.8) is 0 Å². The van der Waals surface area contributed by atoms with Crippen LogP contribution < -0.4 is 0 Å². The summed E-state index contributed by atoms with van der Waals surface area (Å²) in [5, 5.41) is 0. The number of ether oxygens (including phenoxy) is 1. The van der Waals surface area contributed by atoms with Crippen molar-refractivity contribution >= 4 is 18.2 Å². The Morgan fingerprint density at radius 1 is 1.17 bits per heavy atom. The summed E-state index contributed by atoms with van der Waals surface area (Å²) in [4.78, 5) is 37.5. The molecule has 5 nitrogen and oxygen atoms in total. The van der Waals surface area contributed by atoms with Crippen molar-refractivity contribution < 1.29 is 19.1 Å². The van der Waals surface area contributed by atoms with E-state index < -0.39 is 17.5 Å². The number of rotatable bonds is 6. The van der Waals surface area contributed by atoms with Crippen LogP contribution in [0.3, 0.4) is 0 Å². The fraction of sp³-hybridized carbons (Fsp3) is 0.526. The lowest BCUT2D eigenvalue weighted by Crippen LogP contribution is -2.43. The van der Waals surface area contributed by atoms with Crippen LogP contribution in [-0.4, -0.2) is 41.8 Å². The molecule has 0 aliphatic heterocycles. The number of carbonyl (C=O) groups excluding carboxylic acids is 3. The van der Waals surface area contributed by atoms with Gasteiger partial charge in [-0.25, -0.2) is 0 Å². The van der Waals surface area contributed by atoms with Crippen LogP contribution in [0.5, 0.6) is 0 Å². The van der Waals surface area contributed by atoms with Crippen molar-refractivity contribution in [3.05, 3.63) is 35.4 Å². The number of carbonyl (C=O) groups is 3.